The molecule has 2 aromatic carbocycles. The Morgan fingerprint density at radius 3 is 2.84 bits per heavy atom. The van der Waals surface area contributed by atoms with Gasteiger partial charge in [0.05, 0.1) is 12.1 Å². The summed E-state index contributed by atoms with van der Waals surface area (Å²) in [6, 6.07) is 17.3. The first kappa shape index (κ1) is 20.3. The molecule has 0 radical (unpaired) electrons. The van der Waals surface area contributed by atoms with Crippen LogP contribution in [0.2, 0.25) is 0 Å². The standard InChI is InChI=1S/C26H31N3O2/c1-3-31-20-10-8-9-19(15-20)23-12-6-7-14-28(23)26-17-27(2)16-25-22(18-30)21-11-4-5-13-24(21)29(25)26/h4-5,8-11,13,15,18,23,26H,3,6-7,12,14,16-17H2,1-2H3. The smallest absolute Gasteiger partial charge is 0.152 e. The lowest BCUT2D eigenvalue weighted by atomic mass is 9.94. The molecule has 2 aliphatic rings. The number of para-hydroxylation sites is 1. The van der Waals surface area contributed by atoms with Crippen LogP contribution in [0.4, 0.5) is 0 Å². The molecule has 0 bridgehead atoms. The summed E-state index contributed by atoms with van der Waals surface area (Å²) in [7, 11) is 2.16. The Bertz CT molecular complexity index is 1090. The minimum Gasteiger partial charge on any atom is -0.494 e. The first-order valence-corrected chi connectivity index (χ1v) is 11.4. The summed E-state index contributed by atoms with van der Waals surface area (Å²) in [6.45, 7) is 5.52. The van der Waals surface area contributed by atoms with E-state index in [1.807, 2.05) is 19.1 Å². The molecule has 3 heterocycles. The maximum Gasteiger partial charge on any atom is 0.152 e. The average molecular weight is 418 g/mol. The highest BCUT2D eigenvalue weighted by molar-refractivity contribution is 5.99. The molecule has 5 heteroatoms. The van der Waals surface area contributed by atoms with Crippen LogP contribution in [0.25, 0.3) is 10.9 Å². The van der Waals surface area contributed by atoms with Crippen LogP contribution in [0, 0.1) is 0 Å². The van der Waals surface area contributed by atoms with Crippen molar-refractivity contribution in [1.29, 1.82) is 0 Å². The van der Waals surface area contributed by atoms with Crippen LogP contribution in [-0.2, 0) is 6.54 Å². The summed E-state index contributed by atoms with van der Waals surface area (Å²) in [6.07, 6.45) is 4.83. The largest absolute Gasteiger partial charge is 0.494 e. The van der Waals surface area contributed by atoms with E-state index in [9.17, 15) is 4.79 Å². The zero-order chi connectivity index (χ0) is 21.4. The van der Waals surface area contributed by atoms with Crippen molar-refractivity contribution in [1.82, 2.24) is 14.4 Å². The Hall–Kier alpha value is -2.63. The molecule has 5 nitrogen and oxygen atoms in total. The first-order chi connectivity index (χ1) is 15.2. The number of rotatable bonds is 5. The molecule has 0 amide bonds. The van der Waals surface area contributed by atoms with Crippen LogP contribution in [0.1, 0.15) is 60.0 Å². The van der Waals surface area contributed by atoms with Gasteiger partial charge in [0.2, 0.25) is 0 Å². The summed E-state index contributed by atoms with van der Waals surface area (Å²) in [5.74, 6) is 0.946. The van der Waals surface area contributed by atoms with E-state index in [4.69, 9.17) is 4.74 Å². The van der Waals surface area contributed by atoms with Gasteiger partial charge in [-0.05, 0) is 50.6 Å². The summed E-state index contributed by atoms with van der Waals surface area (Å²) in [4.78, 5) is 17.1. The summed E-state index contributed by atoms with van der Waals surface area (Å²) in [5.41, 5.74) is 4.49. The number of benzene rings is 2. The number of carbonyl (C=O) groups excluding carboxylic acids is 1. The summed E-state index contributed by atoms with van der Waals surface area (Å²) >= 11 is 0. The number of ether oxygens (including phenoxy) is 1. The monoisotopic (exact) mass is 417 g/mol. The molecule has 5 rings (SSSR count). The van der Waals surface area contributed by atoms with Crippen molar-refractivity contribution in [2.45, 2.75) is 44.9 Å². The first-order valence-electron chi connectivity index (χ1n) is 11.4. The Morgan fingerprint density at radius 2 is 2.00 bits per heavy atom. The molecule has 0 aliphatic carbocycles. The van der Waals surface area contributed by atoms with Gasteiger partial charge in [-0.3, -0.25) is 14.6 Å². The molecule has 162 valence electrons. The second-order valence-corrected chi connectivity index (χ2v) is 8.80. The number of aromatic nitrogens is 1. The molecule has 2 unspecified atom stereocenters. The van der Waals surface area contributed by atoms with Crippen LogP contribution in [0.5, 0.6) is 5.75 Å². The lowest BCUT2D eigenvalue weighted by Crippen LogP contribution is -2.47. The van der Waals surface area contributed by atoms with Gasteiger partial charge < -0.3 is 9.30 Å². The molecule has 0 spiro atoms. The van der Waals surface area contributed by atoms with Gasteiger partial charge in [-0.2, -0.15) is 0 Å². The molecule has 2 atom stereocenters. The van der Waals surface area contributed by atoms with Gasteiger partial charge in [-0.25, -0.2) is 0 Å². The Balaban J connectivity index is 1.61. The fraction of sp³-hybridized carbons (Fsp3) is 0.423. The SMILES string of the molecule is CCOc1cccc(C2CCCCN2C2CN(C)Cc3c(C=O)c4ccccc4n32)c1. The second kappa shape index (κ2) is 8.48. The minimum atomic E-state index is 0.202. The van der Waals surface area contributed by atoms with Crippen LogP contribution in [-0.4, -0.2) is 47.4 Å². The fourth-order valence-corrected chi connectivity index (χ4v) is 5.56. The zero-order valence-corrected chi connectivity index (χ0v) is 18.5. The van der Waals surface area contributed by atoms with Gasteiger partial charge in [0.15, 0.2) is 6.29 Å². The lowest BCUT2D eigenvalue weighted by molar-refractivity contribution is 0.0195. The second-order valence-electron chi connectivity index (χ2n) is 8.80. The molecule has 1 saturated heterocycles. The number of hydrogen-bond acceptors (Lipinski definition) is 4. The normalized spacial score (nSPS) is 22.4. The summed E-state index contributed by atoms with van der Waals surface area (Å²) < 4.78 is 8.24. The third-order valence-corrected chi connectivity index (χ3v) is 6.85. The van der Waals surface area contributed by atoms with Gasteiger partial charge in [0.1, 0.15) is 11.9 Å². The van der Waals surface area contributed by atoms with Crippen molar-refractivity contribution >= 4 is 17.2 Å². The Morgan fingerprint density at radius 1 is 1.13 bits per heavy atom. The third-order valence-electron chi connectivity index (χ3n) is 6.85. The van der Waals surface area contributed by atoms with Gasteiger partial charge in [-0.15, -0.1) is 0 Å². The van der Waals surface area contributed by atoms with E-state index in [-0.39, 0.29) is 6.17 Å². The number of likely N-dealkylation sites (N-methyl/N-ethyl adjacent to an activating group) is 1. The van der Waals surface area contributed by atoms with E-state index >= 15 is 0 Å². The molecule has 0 saturated carbocycles. The molecular formula is C26H31N3O2. The van der Waals surface area contributed by atoms with Crippen LogP contribution < -0.4 is 4.74 Å². The van der Waals surface area contributed by atoms with Crippen LogP contribution in [0.3, 0.4) is 0 Å². The molecule has 0 N–H and O–H groups in total. The minimum absolute atomic E-state index is 0.202. The lowest BCUT2D eigenvalue weighted by Gasteiger charge is -2.46. The maximum atomic E-state index is 12.1. The molecule has 1 aromatic heterocycles. The number of fused-ring (bicyclic) bond motifs is 3. The maximum absolute atomic E-state index is 12.1. The van der Waals surface area contributed by atoms with Crippen LogP contribution >= 0.6 is 0 Å². The van der Waals surface area contributed by atoms with Crippen molar-refractivity contribution in [3.63, 3.8) is 0 Å². The Kier molecular flexibility index (Phi) is 5.55. The van der Waals surface area contributed by atoms with Gasteiger partial charge in [-0.1, -0.05) is 36.8 Å². The van der Waals surface area contributed by atoms with Crippen molar-refractivity contribution < 1.29 is 9.53 Å². The van der Waals surface area contributed by atoms with E-state index in [1.165, 1.54) is 23.9 Å². The molecular weight excluding hydrogens is 386 g/mol. The van der Waals surface area contributed by atoms with Gasteiger partial charge in [0, 0.05) is 42.3 Å². The highest BCUT2D eigenvalue weighted by atomic mass is 16.5. The van der Waals surface area contributed by atoms with Crippen molar-refractivity contribution in [3.05, 3.63) is 65.4 Å². The number of hydrogen-bond donors (Lipinski definition) is 0. The summed E-state index contributed by atoms with van der Waals surface area (Å²) in [5, 5.41) is 1.07. The number of piperidine rings is 1. The number of nitrogens with zero attached hydrogens (tertiary/aromatic N) is 3. The van der Waals surface area contributed by atoms with Gasteiger partial charge >= 0.3 is 0 Å². The molecule has 2 aliphatic heterocycles. The molecule has 3 aromatic rings. The highest BCUT2D eigenvalue weighted by Gasteiger charge is 2.36. The molecule has 31 heavy (non-hydrogen) atoms. The third kappa shape index (κ3) is 3.56. The zero-order valence-electron chi connectivity index (χ0n) is 18.5. The van der Waals surface area contributed by atoms with Crippen molar-refractivity contribution in [3.8, 4) is 5.75 Å². The predicted molar refractivity (Wildman–Crippen MR) is 124 cm³/mol. The number of likely N-dealkylation sites (tertiary alicyclic amines) is 1. The van der Waals surface area contributed by atoms with E-state index < -0.39 is 0 Å². The van der Waals surface area contributed by atoms with E-state index in [0.717, 1.165) is 54.7 Å². The van der Waals surface area contributed by atoms with E-state index in [1.54, 1.807) is 0 Å². The van der Waals surface area contributed by atoms with Crippen molar-refractivity contribution in [2.24, 2.45) is 0 Å². The number of carbonyl (C=O) groups is 1. The van der Waals surface area contributed by atoms with E-state index in [0.29, 0.717) is 12.6 Å². The van der Waals surface area contributed by atoms with Gasteiger partial charge in [0.25, 0.3) is 0 Å². The topological polar surface area (TPSA) is 37.7 Å². The van der Waals surface area contributed by atoms with Crippen LogP contribution in [0.15, 0.2) is 48.5 Å². The fourth-order valence-electron chi connectivity index (χ4n) is 5.56. The number of aldehydes is 1. The Labute approximate surface area is 184 Å². The highest BCUT2D eigenvalue weighted by Crippen LogP contribution is 2.41. The average Bonchev–Trinajstić information content (AvgIpc) is 3.12. The predicted octanol–water partition coefficient (Wildman–Crippen LogP) is 5.02. The van der Waals surface area contributed by atoms with Crippen molar-refractivity contribution in [2.75, 3.05) is 26.7 Å². The molecule has 1 fully saturated rings. The quantitative estimate of drug-likeness (QED) is 0.546. The van der Waals surface area contributed by atoms with E-state index in [2.05, 4.69) is 57.8 Å².